The van der Waals surface area contributed by atoms with Crippen molar-refractivity contribution in [3.63, 3.8) is 0 Å². The molecule has 0 bridgehead atoms. The van der Waals surface area contributed by atoms with Gasteiger partial charge in [-0.15, -0.1) is 11.3 Å². The molecule has 0 atom stereocenters. The molecule has 0 fully saturated rings. The fourth-order valence-electron chi connectivity index (χ4n) is 2.60. The molecule has 0 saturated heterocycles. The van der Waals surface area contributed by atoms with Crippen LogP contribution in [-0.4, -0.2) is 4.57 Å². The number of benzene rings is 2. The zero-order valence-corrected chi connectivity index (χ0v) is 12.4. The van der Waals surface area contributed by atoms with Crippen molar-refractivity contribution in [2.45, 2.75) is 0 Å². The minimum atomic E-state index is 1.13. The lowest BCUT2D eigenvalue weighted by Crippen LogP contribution is -1.90. The monoisotopic (exact) mass is 327 g/mol. The van der Waals surface area contributed by atoms with Crippen molar-refractivity contribution in [1.29, 1.82) is 0 Å². The SMILES string of the molecule is Brc1cccc2c3ccccc3n(-c3cccs3)c12. The summed E-state index contributed by atoms with van der Waals surface area (Å²) in [7, 11) is 0. The number of hydrogen-bond acceptors (Lipinski definition) is 1. The van der Waals surface area contributed by atoms with Gasteiger partial charge in [0.15, 0.2) is 0 Å². The van der Waals surface area contributed by atoms with Gasteiger partial charge in [0.2, 0.25) is 0 Å². The number of para-hydroxylation sites is 2. The van der Waals surface area contributed by atoms with Crippen LogP contribution in [0.15, 0.2) is 64.5 Å². The van der Waals surface area contributed by atoms with Gasteiger partial charge in [0.1, 0.15) is 0 Å². The van der Waals surface area contributed by atoms with Crippen molar-refractivity contribution >= 4 is 49.1 Å². The van der Waals surface area contributed by atoms with Crippen LogP contribution in [0.4, 0.5) is 0 Å². The molecule has 2 aromatic heterocycles. The molecule has 92 valence electrons. The number of nitrogens with zero attached hydrogens (tertiary/aromatic N) is 1. The lowest BCUT2D eigenvalue weighted by atomic mass is 10.2. The highest BCUT2D eigenvalue weighted by atomic mass is 79.9. The molecule has 0 spiro atoms. The van der Waals surface area contributed by atoms with Gasteiger partial charge < -0.3 is 0 Å². The second kappa shape index (κ2) is 4.22. The summed E-state index contributed by atoms with van der Waals surface area (Å²) in [6, 6.07) is 19.2. The Labute approximate surface area is 123 Å². The Hall–Kier alpha value is -1.58. The molecule has 2 aromatic carbocycles. The summed E-state index contributed by atoms with van der Waals surface area (Å²) in [5.74, 6) is 0. The van der Waals surface area contributed by atoms with E-state index in [2.05, 4.69) is 80.5 Å². The third kappa shape index (κ3) is 1.58. The molecule has 4 rings (SSSR count). The first-order chi connectivity index (χ1) is 9.36. The topological polar surface area (TPSA) is 4.93 Å². The van der Waals surface area contributed by atoms with E-state index in [0.717, 1.165) is 4.47 Å². The van der Waals surface area contributed by atoms with Gasteiger partial charge in [-0.3, -0.25) is 4.57 Å². The average molecular weight is 328 g/mol. The first-order valence-corrected chi connectivity index (χ1v) is 7.75. The largest absolute Gasteiger partial charge is 0.300 e. The Kier molecular flexibility index (Phi) is 2.50. The van der Waals surface area contributed by atoms with Gasteiger partial charge in [-0.05, 0) is 45.6 Å². The van der Waals surface area contributed by atoms with Crippen LogP contribution in [0.1, 0.15) is 0 Å². The number of rotatable bonds is 1. The van der Waals surface area contributed by atoms with Crippen LogP contribution in [0, 0.1) is 0 Å². The van der Waals surface area contributed by atoms with E-state index in [0.29, 0.717) is 0 Å². The molecule has 0 amide bonds. The van der Waals surface area contributed by atoms with Gasteiger partial charge >= 0.3 is 0 Å². The van der Waals surface area contributed by atoms with Gasteiger partial charge in [-0.1, -0.05) is 30.3 Å². The molecular formula is C16H10BrNS. The summed E-state index contributed by atoms with van der Waals surface area (Å²) < 4.78 is 3.47. The van der Waals surface area contributed by atoms with E-state index in [1.54, 1.807) is 11.3 Å². The summed E-state index contributed by atoms with van der Waals surface area (Å²) in [5.41, 5.74) is 2.50. The second-order valence-corrected chi connectivity index (χ2v) is 6.22. The van der Waals surface area contributed by atoms with Crippen LogP contribution in [-0.2, 0) is 0 Å². The number of fused-ring (bicyclic) bond motifs is 3. The Morgan fingerprint density at radius 3 is 2.53 bits per heavy atom. The van der Waals surface area contributed by atoms with Gasteiger partial charge in [-0.2, -0.15) is 0 Å². The van der Waals surface area contributed by atoms with Crippen LogP contribution in [0.2, 0.25) is 0 Å². The molecule has 0 unspecified atom stereocenters. The fourth-order valence-corrected chi connectivity index (χ4v) is 3.90. The summed E-state index contributed by atoms with van der Waals surface area (Å²) >= 11 is 5.46. The molecule has 3 heteroatoms. The Morgan fingerprint density at radius 2 is 1.68 bits per heavy atom. The molecule has 2 heterocycles. The highest BCUT2D eigenvalue weighted by Crippen LogP contribution is 2.36. The van der Waals surface area contributed by atoms with E-state index in [1.807, 2.05) is 0 Å². The van der Waals surface area contributed by atoms with Crippen LogP contribution in [0.3, 0.4) is 0 Å². The van der Waals surface area contributed by atoms with Crippen LogP contribution in [0.5, 0.6) is 0 Å². The highest BCUT2D eigenvalue weighted by Gasteiger charge is 2.13. The minimum Gasteiger partial charge on any atom is -0.300 e. The summed E-state index contributed by atoms with van der Waals surface area (Å²) in [5, 5.41) is 5.95. The van der Waals surface area contributed by atoms with Gasteiger partial charge in [0.25, 0.3) is 0 Å². The molecular weight excluding hydrogens is 318 g/mol. The Bertz CT molecular complexity index is 874. The smallest absolute Gasteiger partial charge is 0.1000 e. The van der Waals surface area contributed by atoms with Gasteiger partial charge in [-0.25, -0.2) is 0 Å². The predicted molar refractivity (Wildman–Crippen MR) is 86.4 cm³/mol. The van der Waals surface area contributed by atoms with Crippen molar-refractivity contribution in [1.82, 2.24) is 4.57 Å². The molecule has 0 N–H and O–H groups in total. The summed E-state index contributed by atoms with van der Waals surface area (Å²) in [6.45, 7) is 0. The molecule has 0 saturated carbocycles. The average Bonchev–Trinajstić information content (AvgIpc) is 3.04. The van der Waals surface area contributed by atoms with Crippen LogP contribution in [0.25, 0.3) is 26.8 Å². The van der Waals surface area contributed by atoms with Crippen molar-refractivity contribution < 1.29 is 0 Å². The zero-order chi connectivity index (χ0) is 12.8. The third-order valence-electron chi connectivity index (χ3n) is 3.37. The molecule has 0 aliphatic heterocycles. The van der Waals surface area contributed by atoms with Crippen LogP contribution < -0.4 is 0 Å². The van der Waals surface area contributed by atoms with E-state index in [4.69, 9.17) is 0 Å². The van der Waals surface area contributed by atoms with E-state index in [-0.39, 0.29) is 0 Å². The van der Waals surface area contributed by atoms with Crippen molar-refractivity contribution in [2.24, 2.45) is 0 Å². The minimum absolute atomic E-state index is 1.13. The lowest BCUT2D eigenvalue weighted by molar-refractivity contribution is 1.22. The first-order valence-electron chi connectivity index (χ1n) is 6.08. The first kappa shape index (κ1) is 11.3. The Morgan fingerprint density at radius 1 is 0.842 bits per heavy atom. The van der Waals surface area contributed by atoms with E-state index in [1.165, 1.54) is 26.8 Å². The maximum absolute atomic E-state index is 3.70. The molecule has 0 aliphatic rings. The predicted octanol–water partition coefficient (Wildman–Crippen LogP) is 5.61. The quantitative estimate of drug-likeness (QED) is 0.428. The van der Waals surface area contributed by atoms with E-state index < -0.39 is 0 Å². The second-order valence-electron chi connectivity index (χ2n) is 4.44. The molecule has 0 radical (unpaired) electrons. The summed E-state index contributed by atoms with van der Waals surface area (Å²) in [4.78, 5) is 0. The maximum Gasteiger partial charge on any atom is 0.1000 e. The number of halogens is 1. The Balaban J connectivity index is 2.31. The van der Waals surface area contributed by atoms with Gasteiger partial charge in [0, 0.05) is 15.2 Å². The zero-order valence-electron chi connectivity index (χ0n) is 10.0. The standard InChI is InChI=1S/C16H10BrNS/c17-13-7-3-6-12-11-5-1-2-8-14(11)18(16(12)13)15-9-4-10-19-15/h1-10H. The molecule has 4 aromatic rings. The van der Waals surface area contributed by atoms with Crippen LogP contribution >= 0.6 is 27.3 Å². The number of hydrogen-bond donors (Lipinski definition) is 0. The summed E-state index contributed by atoms with van der Waals surface area (Å²) in [6.07, 6.45) is 0. The highest BCUT2D eigenvalue weighted by molar-refractivity contribution is 9.10. The molecule has 1 nitrogen and oxygen atoms in total. The lowest BCUT2D eigenvalue weighted by Gasteiger charge is -2.05. The maximum atomic E-state index is 3.70. The van der Waals surface area contributed by atoms with Crippen molar-refractivity contribution in [3.8, 4) is 5.00 Å². The number of aromatic nitrogens is 1. The molecule has 0 aliphatic carbocycles. The third-order valence-corrected chi connectivity index (χ3v) is 4.87. The van der Waals surface area contributed by atoms with Gasteiger partial charge in [0.05, 0.1) is 16.0 Å². The normalized spacial score (nSPS) is 11.4. The number of thiophene rings is 1. The van der Waals surface area contributed by atoms with E-state index in [9.17, 15) is 0 Å². The van der Waals surface area contributed by atoms with Crippen molar-refractivity contribution in [2.75, 3.05) is 0 Å². The molecule has 19 heavy (non-hydrogen) atoms. The van der Waals surface area contributed by atoms with E-state index >= 15 is 0 Å². The fraction of sp³-hybridized carbons (Fsp3) is 0. The van der Waals surface area contributed by atoms with Crippen molar-refractivity contribution in [3.05, 3.63) is 64.5 Å².